The first-order valence-electron chi connectivity index (χ1n) is 6.61. The first kappa shape index (κ1) is 15.3. The lowest BCUT2D eigenvalue weighted by molar-refractivity contribution is 0.116. The van der Waals surface area contributed by atoms with Crippen LogP contribution in [0.1, 0.15) is 31.1 Å². The van der Waals surface area contributed by atoms with Gasteiger partial charge in [-0.25, -0.2) is 17.1 Å². The molecule has 0 amide bonds. The second kappa shape index (κ2) is 6.15. The molecule has 2 unspecified atom stereocenters. The lowest BCUT2D eigenvalue weighted by atomic mass is 9.92. The van der Waals surface area contributed by atoms with Crippen LogP contribution >= 0.6 is 0 Å². The molecule has 1 N–H and O–H groups in total. The number of hydrogen-bond donors (Lipinski definition) is 1. The summed E-state index contributed by atoms with van der Waals surface area (Å²) in [5, 5.41) is 10.1. The fourth-order valence-corrected chi connectivity index (χ4v) is 3.53. The van der Waals surface area contributed by atoms with Crippen molar-refractivity contribution in [1.29, 1.82) is 0 Å². The standard InChI is InChI=1S/C13H19FN2O3S/c1-20(18,19)16-7-3-4-10(9-16)8-12(17)13-11(14)5-2-6-15-13/h2,5-6,10,12,17H,3-4,7-9H2,1H3. The summed E-state index contributed by atoms with van der Waals surface area (Å²) in [7, 11) is -3.21. The number of hydrogen-bond acceptors (Lipinski definition) is 4. The molecule has 2 atom stereocenters. The highest BCUT2D eigenvalue weighted by atomic mass is 32.2. The number of nitrogens with zero attached hydrogens (tertiary/aromatic N) is 2. The molecule has 20 heavy (non-hydrogen) atoms. The number of pyridine rings is 1. The molecule has 0 aromatic carbocycles. The highest BCUT2D eigenvalue weighted by Gasteiger charge is 2.28. The van der Waals surface area contributed by atoms with E-state index in [1.165, 1.54) is 28.9 Å². The third kappa shape index (κ3) is 3.74. The molecular formula is C13H19FN2O3S. The number of aliphatic hydroxyl groups excluding tert-OH is 1. The topological polar surface area (TPSA) is 70.5 Å². The summed E-state index contributed by atoms with van der Waals surface area (Å²) in [5.74, 6) is -0.509. The van der Waals surface area contributed by atoms with Gasteiger partial charge in [0.15, 0.2) is 0 Å². The fourth-order valence-electron chi connectivity index (χ4n) is 2.59. The molecule has 0 saturated carbocycles. The summed E-state index contributed by atoms with van der Waals surface area (Å²) in [6.45, 7) is 0.897. The van der Waals surface area contributed by atoms with Gasteiger partial charge in [-0.15, -0.1) is 0 Å². The van der Waals surface area contributed by atoms with E-state index in [1.54, 1.807) is 0 Å². The molecule has 2 rings (SSSR count). The van der Waals surface area contributed by atoms with Crippen LogP contribution in [-0.4, -0.2) is 42.2 Å². The number of halogens is 1. The first-order chi connectivity index (χ1) is 9.38. The van der Waals surface area contributed by atoms with Gasteiger partial charge in [-0.3, -0.25) is 4.98 Å². The minimum absolute atomic E-state index is 0.0230. The maximum Gasteiger partial charge on any atom is 0.211 e. The molecule has 1 aromatic rings. The van der Waals surface area contributed by atoms with Crippen molar-refractivity contribution in [1.82, 2.24) is 9.29 Å². The van der Waals surface area contributed by atoms with Crippen molar-refractivity contribution in [3.05, 3.63) is 29.8 Å². The van der Waals surface area contributed by atoms with Crippen LogP contribution in [0.15, 0.2) is 18.3 Å². The van der Waals surface area contributed by atoms with Crippen molar-refractivity contribution >= 4 is 10.0 Å². The van der Waals surface area contributed by atoms with Crippen LogP contribution in [0.5, 0.6) is 0 Å². The molecule has 1 aliphatic rings. The monoisotopic (exact) mass is 302 g/mol. The van der Waals surface area contributed by atoms with Gasteiger partial charge in [-0.1, -0.05) is 0 Å². The van der Waals surface area contributed by atoms with Crippen molar-refractivity contribution in [2.75, 3.05) is 19.3 Å². The maximum atomic E-state index is 13.5. The number of piperidine rings is 1. The predicted molar refractivity (Wildman–Crippen MR) is 72.9 cm³/mol. The largest absolute Gasteiger partial charge is 0.387 e. The van der Waals surface area contributed by atoms with E-state index in [0.717, 1.165) is 12.8 Å². The van der Waals surface area contributed by atoms with Gasteiger partial charge in [0.2, 0.25) is 10.0 Å². The SMILES string of the molecule is CS(=O)(=O)N1CCCC(CC(O)c2ncccc2F)C1. The summed E-state index contributed by atoms with van der Waals surface area (Å²) >= 11 is 0. The summed E-state index contributed by atoms with van der Waals surface area (Å²) < 4.78 is 38.0. The third-order valence-electron chi connectivity index (χ3n) is 3.61. The lowest BCUT2D eigenvalue weighted by Gasteiger charge is -2.31. The Kier molecular flexibility index (Phi) is 4.72. The molecule has 1 saturated heterocycles. The number of rotatable bonds is 4. The molecule has 7 heteroatoms. The quantitative estimate of drug-likeness (QED) is 0.910. The Balaban J connectivity index is 2.01. The zero-order valence-electron chi connectivity index (χ0n) is 11.4. The highest BCUT2D eigenvalue weighted by molar-refractivity contribution is 7.88. The fraction of sp³-hybridized carbons (Fsp3) is 0.615. The van der Waals surface area contributed by atoms with Crippen molar-refractivity contribution < 1.29 is 17.9 Å². The van der Waals surface area contributed by atoms with Crippen molar-refractivity contribution in [3.8, 4) is 0 Å². The lowest BCUT2D eigenvalue weighted by Crippen LogP contribution is -2.39. The summed E-state index contributed by atoms with van der Waals surface area (Å²) in [6, 6.07) is 2.73. The molecule has 0 radical (unpaired) electrons. The highest BCUT2D eigenvalue weighted by Crippen LogP contribution is 2.28. The van der Waals surface area contributed by atoms with E-state index < -0.39 is 21.9 Å². The van der Waals surface area contributed by atoms with Crippen LogP contribution < -0.4 is 0 Å². The average Bonchev–Trinajstić information content (AvgIpc) is 2.38. The Morgan fingerprint density at radius 1 is 1.60 bits per heavy atom. The van der Waals surface area contributed by atoms with Crippen LogP contribution in [0, 0.1) is 11.7 Å². The number of aliphatic hydroxyl groups is 1. The van der Waals surface area contributed by atoms with Crippen LogP contribution in [0.2, 0.25) is 0 Å². The smallest absolute Gasteiger partial charge is 0.211 e. The summed E-state index contributed by atoms with van der Waals surface area (Å²) in [4.78, 5) is 3.85. The van der Waals surface area contributed by atoms with E-state index in [9.17, 15) is 17.9 Å². The zero-order chi connectivity index (χ0) is 14.8. The average molecular weight is 302 g/mol. The van der Waals surface area contributed by atoms with Gasteiger partial charge in [-0.2, -0.15) is 0 Å². The molecule has 5 nitrogen and oxygen atoms in total. The summed E-state index contributed by atoms with van der Waals surface area (Å²) in [6.07, 6.45) is 3.53. The van der Waals surface area contributed by atoms with Crippen LogP contribution in [0.4, 0.5) is 4.39 Å². The Morgan fingerprint density at radius 2 is 2.35 bits per heavy atom. The van der Waals surface area contributed by atoms with Gasteiger partial charge >= 0.3 is 0 Å². The molecular weight excluding hydrogens is 283 g/mol. The molecule has 0 spiro atoms. The second-order valence-electron chi connectivity index (χ2n) is 5.25. The Labute approximate surface area is 118 Å². The van der Waals surface area contributed by atoms with Gasteiger partial charge in [0.25, 0.3) is 0 Å². The van der Waals surface area contributed by atoms with Gasteiger partial charge in [0.1, 0.15) is 11.5 Å². The number of sulfonamides is 1. The van der Waals surface area contributed by atoms with E-state index in [-0.39, 0.29) is 11.6 Å². The molecule has 0 aliphatic carbocycles. The van der Waals surface area contributed by atoms with E-state index in [1.807, 2.05) is 0 Å². The van der Waals surface area contributed by atoms with Gasteiger partial charge < -0.3 is 5.11 Å². The molecule has 1 fully saturated rings. The molecule has 1 aliphatic heterocycles. The molecule has 2 heterocycles. The van der Waals surface area contributed by atoms with Crippen LogP contribution in [-0.2, 0) is 10.0 Å². The van der Waals surface area contributed by atoms with Crippen LogP contribution in [0.25, 0.3) is 0 Å². The zero-order valence-corrected chi connectivity index (χ0v) is 12.2. The van der Waals surface area contributed by atoms with Gasteiger partial charge in [0.05, 0.1) is 12.4 Å². The Hall–Kier alpha value is -1.05. The number of aromatic nitrogens is 1. The van der Waals surface area contributed by atoms with E-state index >= 15 is 0 Å². The van der Waals surface area contributed by atoms with Crippen molar-refractivity contribution in [3.63, 3.8) is 0 Å². The van der Waals surface area contributed by atoms with Crippen molar-refractivity contribution in [2.24, 2.45) is 5.92 Å². The first-order valence-corrected chi connectivity index (χ1v) is 8.46. The van der Waals surface area contributed by atoms with Gasteiger partial charge in [-0.05, 0) is 37.3 Å². The molecule has 1 aromatic heterocycles. The van der Waals surface area contributed by atoms with E-state index in [2.05, 4.69) is 4.98 Å². The normalized spacial score (nSPS) is 22.6. The maximum absolute atomic E-state index is 13.5. The molecule has 0 bridgehead atoms. The Bertz CT molecular complexity index is 564. The Morgan fingerprint density at radius 3 is 3.00 bits per heavy atom. The second-order valence-corrected chi connectivity index (χ2v) is 7.23. The van der Waals surface area contributed by atoms with Gasteiger partial charge in [0, 0.05) is 19.3 Å². The summed E-state index contributed by atoms with van der Waals surface area (Å²) in [5.41, 5.74) is 0.0315. The van der Waals surface area contributed by atoms with E-state index in [4.69, 9.17) is 0 Å². The molecule has 112 valence electrons. The van der Waals surface area contributed by atoms with Crippen molar-refractivity contribution in [2.45, 2.75) is 25.4 Å². The third-order valence-corrected chi connectivity index (χ3v) is 4.88. The minimum atomic E-state index is -3.21. The predicted octanol–water partition coefficient (Wildman–Crippen LogP) is 1.32. The van der Waals surface area contributed by atoms with E-state index in [0.29, 0.717) is 19.5 Å². The minimum Gasteiger partial charge on any atom is -0.387 e. The van der Waals surface area contributed by atoms with Crippen LogP contribution in [0.3, 0.4) is 0 Å².